The first-order valence-corrected chi connectivity index (χ1v) is 8.15. The minimum absolute atomic E-state index is 0.393. The maximum Gasteiger partial charge on any atom is 0.0530 e. The van der Waals surface area contributed by atoms with Gasteiger partial charge in [0, 0.05) is 12.0 Å². The van der Waals surface area contributed by atoms with Crippen molar-refractivity contribution in [3.05, 3.63) is 0 Å². The van der Waals surface area contributed by atoms with Crippen molar-refractivity contribution in [1.29, 1.82) is 0 Å². The first kappa shape index (κ1) is 15.4. The predicted octanol–water partition coefficient (Wildman–Crippen LogP) is 4.85. The van der Waals surface area contributed by atoms with Crippen LogP contribution in [0.1, 0.15) is 71.1 Å². The molecule has 0 heterocycles. The zero-order valence-electron chi connectivity index (χ0n) is 11.5. The number of unbranched alkanes of at least 4 members (excludes halogenated alkanes) is 3. The highest BCUT2D eigenvalue weighted by atomic mass is 32.1. The minimum atomic E-state index is 0.393. The second-order valence-corrected chi connectivity index (χ2v) is 6.00. The molecule has 0 spiro atoms. The highest BCUT2D eigenvalue weighted by Gasteiger charge is 2.29. The minimum Gasteiger partial charge on any atom is -0.381 e. The molecule has 1 aliphatic carbocycles. The van der Waals surface area contributed by atoms with Gasteiger partial charge in [0.05, 0.1) is 6.61 Å². The van der Waals surface area contributed by atoms with E-state index < -0.39 is 0 Å². The first-order valence-electron chi connectivity index (χ1n) is 7.51. The molecule has 0 aromatic carbocycles. The molecule has 1 rings (SSSR count). The fourth-order valence-electron chi connectivity index (χ4n) is 2.75. The molecule has 0 saturated heterocycles. The van der Waals surface area contributed by atoms with Crippen LogP contribution in [0.4, 0.5) is 0 Å². The zero-order valence-corrected chi connectivity index (χ0v) is 12.4. The van der Waals surface area contributed by atoms with Crippen LogP contribution < -0.4 is 0 Å². The van der Waals surface area contributed by atoms with E-state index in [0.29, 0.717) is 5.41 Å². The molecule has 1 fully saturated rings. The van der Waals surface area contributed by atoms with Crippen LogP contribution in [-0.4, -0.2) is 19.0 Å². The van der Waals surface area contributed by atoms with Crippen molar-refractivity contribution in [1.82, 2.24) is 0 Å². The number of thiol groups is 1. The average Bonchev–Trinajstić information content (AvgIpc) is 2.60. The van der Waals surface area contributed by atoms with Crippen LogP contribution >= 0.6 is 12.6 Å². The van der Waals surface area contributed by atoms with Crippen molar-refractivity contribution in [2.75, 3.05) is 19.0 Å². The van der Waals surface area contributed by atoms with Gasteiger partial charge in [-0.25, -0.2) is 0 Å². The predicted molar refractivity (Wildman–Crippen MR) is 78.9 cm³/mol. The smallest absolute Gasteiger partial charge is 0.0530 e. The van der Waals surface area contributed by atoms with Gasteiger partial charge in [-0.3, -0.25) is 0 Å². The van der Waals surface area contributed by atoms with Crippen LogP contribution in [0.25, 0.3) is 0 Å². The van der Waals surface area contributed by atoms with Crippen molar-refractivity contribution < 1.29 is 4.74 Å². The van der Waals surface area contributed by atoms with Crippen LogP contribution in [0.2, 0.25) is 0 Å². The molecule has 0 amide bonds. The number of ether oxygens (including phenoxy) is 1. The largest absolute Gasteiger partial charge is 0.381 e. The summed E-state index contributed by atoms with van der Waals surface area (Å²) < 4.78 is 5.92. The van der Waals surface area contributed by atoms with E-state index in [9.17, 15) is 0 Å². The van der Waals surface area contributed by atoms with E-state index in [1.807, 2.05) is 0 Å². The highest BCUT2D eigenvalue weighted by Crippen LogP contribution is 2.36. The summed E-state index contributed by atoms with van der Waals surface area (Å²) in [6.45, 7) is 4.15. The monoisotopic (exact) mass is 258 g/mol. The Kier molecular flexibility index (Phi) is 8.38. The normalized spacial score (nSPS) is 20.1. The summed E-state index contributed by atoms with van der Waals surface area (Å²) in [5.74, 6) is 1.00. The summed E-state index contributed by atoms with van der Waals surface area (Å²) in [7, 11) is 0. The highest BCUT2D eigenvalue weighted by molar-refractivity contribution is 7.80. The lowest BCUT2D eigenvalue weighted by Crippen LogP contribution is -2.28. The van der Waals surface area contributed by atoms with Crippen molar-refractivity contribution in [2.45, 2.75) is 71.1 Å². The SMILES string of the molecule is CCCCCCOCC1(CS)CCCCCC1. The van der Waals surface area contributed by atoms with Gasteiger partial charge in [-0.2, -0.15) is 12.6 Å². The summed E-state index contributed by atoms with van der Waals surface area (Å²) in [6, 6.07) is 0. The second-order valence-electron chi connectivity index (χ2n) is 5.69. The summed E-state index contributed by atoms with van der Waals surface area (Å²) in [6.07, 6.45) is 13.4. The number of hydrogen-bond acceptors (Lipinski definition) is 2. The lowest BCUT2D eigenvalue weighted by Gasteiger charge is -2.30. The maximum atomic E-state index is 5.92. The topological polar surface area (TPSA) is 9.23 Å². The molecule has 102 valence electrons. The molecule has 0 aliphatic heterocycles. The summed E-state index contributed by atoms with van der Waals surface area (Å²) in [5.41, 5.74) is 0.393. The molecule has 1 aliphatic rings. The molecule has 0 N–H and O–H groups in total. The van der Waals surface area contributed by atoms with E-state index in [1.54, 1.807) is 0 Å². The van der Waals surface area contributed by atoms with E-state index >= 15 is 0 Å². The standard InChI is InChI=1S/C15H30OS/c1-2-3-4-9-12-16-13-15(14-17)10-7-5-6-8-11-15/h17H,2-14H2,1H3. The van der Waals surface area contributed by atoms with Gasteiger partial charge in [-0.1, -0.05) is 51.9 Å². The van der Waals surface area contributed by atoms with Gasteiger partial charge in [0.1, 0.15) is 0 Å². The molecule has 0 aromatic heterocycles. The molecular weight excluding hydrogens is 228 g/mol. The van der Waals surface area contributed by atoms with Crippen molar-refractivity contribution in [3.8, 4) is 0 Å². The quantitative estimate of drug-likeness (QED) is 0.372. The van der Waals surface area contributed by atoms with Crippen LogP contribution in [0.5, 0.6) is 0 Å². The fraction of sp³-hybridized carbons (Fsp3) is 1.00. The molecule has 17 heavy (non-hydrogen) atoms. The zero-order chi connectivity index (χ0) is 12.4. The lowest BCUT2D eigenvalue weighted by molar-refractivity contribution is 0.0450. The molecule has 0 atom stereocenters. The number of hydrogen-bond donors (Lipinski definition) is 1. The lowest BCUT2D eigenvalue weighted by atomic mass is 9.83. The Balaban J connectivity index is 2.16. The third-order valence-corrected chi connectivity index (χ3v) is 4.72. The van der Waals surface area contributed by atoms with E-state index in [1.165, 1.54) is 64.2 Å². The second kappa shape index (κ2) is 9.27. The van der Waals surface area contributed by atoms with E-state index in [4.69, 9.17) is 4.74 Å². The Morgan fingerprint density at radius 3 is 2.29 bits per heavy atom. The molecule has 0 bridgehead atoms. The van der Waals surface area contributed by atoms with Crippen LogP contribution in [0.3, 0.4) is 0 Å². The molecule has 0 aromatic rings. The summed E-state index contributed by atoms with van der Waals surface area (Å²) in [5, 5.41) is 0. The van der Waals surface area contributed by atoms with Gasteiger partial charge < -0.3 is 4.74 Å². The van der Waals surface area contributed by atoms with Gasteiger partial charge in [0.2, 0.25) is 0 Å². The van der Waals surface area contributed by atoms with Crippen molar-refractivity contribution in [2.24, 2.45) is 5.41 Å². The Morgan fingerprint density at radius 1 is 1.00 bits per heavy atom. The van der Waals surface area contributed by atoms with Gasteiger partial charge >= 0.3 is 0 Å². The van der Waals surface area contributed by atoms with E-state index in [-0.39, 0.29) is 0 Å². The van der Waals surface area contributed by atoms with Gasteiger partial charge in [0.15, 0.2) is 0 Å². The Labute approximate surface area is 113 Å². The average molecular weight is 258 g/mol. The number of rotatable bonds is 8. The molecule has 1 saturated carbocycles. The molecule has 2 heteroatoms. The van der Waals surface area contributed by atoms with Crippen LogP contribution in [0, 0.1) is 5.41 Å². The van der Waals surface area contributed by atoms with Gasteiger partial charge in [-0.15, -0.1) is 0 Å². The van der Waals surface area contributed by atoms with Crippen molar-refractivity contribution in [3.63, 3.8) is 0 Å². The summed E-state index contributed by atoms with van der Waals surface area (Å²) in [4.78, 5) is 0. The Morgan fingerprint density at radius 2 is 1.71 bits per heavy atom. The third kappa shape index (κ3) is 6.15. The molecule has 0 unspecified atom stereocenters. The van der Waals surface area contributed by atoms with Gasteiger partial charge in [0.25, 0.3) is 0 Å². The van der Waals surface area contributed by atoms with E-state index in [0.717, 1.165) is 19.0 Å². The van der Waals surface area contributed by atoms with Crippen molar-refractivity contribution >= 4 is 12.6 Å². The fourth-order valence-corrected chi connectivity index (χ4v) is 3.15. The Hall–Kier alpha value is 0.310. The van der Waals surface area contributed by atoms with Gasteiger partial charge in [-0.05, 0) is 25.0 Å². The molecular formula is C15H30OS. The van der Waals surface area contributed by atoms with Crippen LogP contribution in [0.15, 0.2) is 0 Å². The molecule has 0 radical (unpaired) electrons. The maximum absolute atomic E-state index is 5.92. The summed E-state index contributed by atoms with van der Waals surface area (Å²) >= 11 is 4.58. The van der Waals surface area contributed by atoms with Crippen LogP contribution in [-0.2, 0) is 4.74 Å². The third-order valence-electron chi connectivity index (χ3n) is 4.05. The van der Waals surface area contributed by atoms with E-state index in [2.05, 4.69) is 19.6 Å². The molecule has 1 nitrogen and oxygen atoms in total. The first-order chi connectivity index (χ1) is 8.33. The Bertz CT molecular complexity index is 174.